The van der Waals surface area contributed by atoms with Crippen LogP contribution in [-0.4, -0.2) is 44.1 Å². The third-order valence-electron chi connectivity index (χ3n) is 3.93. The molecule has 0 aliphatic rings. The molecule has 0 aliphatic carbocycles. The van der Waals surface area contributed by atoms with E-state index >= 15 is 0 Å². The molecular formula is C21H23N3O4S. The monoisotopic (exact) mass is 413 g/mol. The summed E-state index contributed by atoms with van der Waals surface area (Å²) < 4.78 is 10.8. The summed E-state index contributed by atoms with van der Waals surface area (Å²) in [6.45, 7) is 6.75. The number of aromatic nitrogens is 3. The number of thioether (sulfide) groups is 1. The highest BCUT2D eigenvalue weighted by atomic mass is 32.2. The van der Waals surface area contributed by atoms with E-state index in [1.165, 1.54) is 23.9 Å². The molecule has 0 atom stereocenters. The smallest absolute Gasteiger partial charge is 0.191 e. The highest BCUT2D eigenvalue weighted by Crippen LogP contribution is 2.35. The molecule has 0 fully saturated rings. The van der Waals surface area contributed by atoms with Crippen molar-refractivity contribution in [1.82, 2.24) is 15.0 Å². The Morgan fingerprint density at radius 2 is 1.24 bits per heavy atom. The summed E-state index contributed by atoms with van der Waals surface area (Å²) >= 11 is 1.45. The first-order valence-corrected chi connectivity index (χ1v) is 10.4. The maximum absolute atomic E-state index is 10.5. The van der Waals surface area contributed by atoms with E-state index in [0.29, 0.717) is 52.6 Å². The lowest BCUT2D eigenvalue weighted by molar-refractivity contribution is 0.337. The number of rotatable bonds is 8. The van der Waals surface area contributed by atoms with E-state index in [-0.39, 0.29) is 11.5 Å². The Morgan fingerprint density at radius 3 is 1.62 bits per heavy atom. The number of aromatic hydroxyl groups is 2. The van der Waals surface area contributed by atoms with Crippen molar-refractivity contribution in [2.75, 3.05) is 19.0 Å². The summed E-state index contributed by atoms with van der Waals surface area (Å²) in [7, 11) is 0. The molecule has 8 heteroatoms. The molecule has 3 aromatic rings. The first kappa shape index (κ1) is 20.7. The number of benzene rings is 2. The second-order valence-corrected chi connectivity index (χ2v) is 7.15. The van der Waals surface area contributed by atoms with E-state index in [4.69, 9.17) is 9.47 Å². The molecule has 0 aliphatic heterocycles. The molecule has 2 aromatic carbocycles. The summed E-state index contributed by atoms with van der Waals surface area (Å²) in [6, 6.07) is 9.98. The minimum Gasteiger partial charge on any atom is -0.507 e. The molecule has 0 spiro atoms. The Balaban J connectivity index is 2.07. The predicted octanol–water partition coefficient (Wildman–Crippen LogP) is 4.53. The van der Waals surface area contributed by atoms with Gasteiger partial charge in [-0.2, -0.15) is 0 Å². The number of hydrogen-bond donors (Lipinski definition) is 2. The molecule has 1 aromatic heterocycles. The van der Waals surface area contributed by atoms with Crippen LogP contribution in [0.5, 0.6) is 23.0 Å². The summed E-state index contributed by atoms with van der Waals surface area (Å²) in [5, 5.41) is 21.4. The zero-order valence-electron chi connectivity index (χ0n) is 16.5. The largest absolute Gasteiger partial charge is 0.507 e. The fourth-order valence-electron chi connectivity index (χ4n) is 2.71. The highest BCUT2D eigenvalue weighted by molar-refractivity contribution is 7.99. The minimum absolute atomic E-state index is 0.0106. The Morgan fingerprint density at radius 1 is 0.759 bits per heavy atom. The van der Waals surface area contributed by atoms with E-state index in [2.05, 4.69) is 15.0 Å². The number of ether oxygens (including phenoxy) is 2. The molecule has 2 N–H and O–H groups in total. The van der Waals surface area contributed by atoms with Gasteiger partial charge in [0.25, 0.3) is 0 Å². The van der Waals surface area contributed by atoms with Crippen LogP contribution in [-0.2, 0) is 0 Å². The van der Waals surface area contributed by atoms with Gasteiger partial charge >= 0.3 is 0 Å². The standard InChI is InChI=1S/C21H23N3O4S/c1-4-27-13-7-9-15(17(25)11-13)19-22-20(24-21(23-19)29-6-3)16-10-8-14(28-5-2)12-18(16)26/h7-12,25-26H,4-6H2,1-3H3. The Bertz CT molecular complexity index is 924. The van der Waals surface area contributed by atoms with Gasteiger partial charge in [0.1, 0.15) is 23.0 Å². The van der Waals surface area contributed by atoms with Crippen molar-refractivity contribution in [2.45, 2.75) is 25.9 Å². The van der Waals surface area contributed by atoms with Crippen LogP contribution in [0, 0.1) is 0 Å². The Hall–Kier alpha value is -3.00. The molecule has 0 saturated carbocycles. The summed E-state index contributed by atoms with van der Waals surface area (Å²) in [4.78, 5) is 13.4. The van der Waals surface area contributed by atoms with Crippen molar-refractivity contribution in [2.24, 2.45) is 0 Å². The average Bonchev–Trinajstić information content (AvgIpc) is 2.69. The van der Waals surface area contributed by atoms with E-state index < -0.39 is 0 Å². The second-order valence-electron chi connectivity index (χ2n) is 5.92. The van der Waals surface area contributed by atoms with Gasteiger partial charge in [0.2, 0.25) is 0 Å². The van der Waals surface area contributed by atoms with Crippen molar-refractivity contribution in [3.63, 3.8) is 0 Å². The first-order valence-electron chi connectivity index (χ1n) is 9.36. The number of nitrogens with zero attached hydrogens (tertiary/aromatic N) is 3. The average molecular weight is 413 g/mol. The lowest BCUT2D eigenvalue weighted by Crippen LogP contribution is -2.00. The first-order chi connectivity index (χ1) is 14.0. The second kappa shape index (κ2) is 9.47. The quantitative estimate of drug-likeness (QED) is 0.520. The topological polar surface area (TPSA) is 97.6 Å². The van der Waals surface area contributed by atoms with Crippen molar-refractivity contribution in [3.05, 3.63) is 36.4 Å². The zero-order chi connectivity index (χ0) is 20.8. The highest BCUT2D eigenvalue weighted by Gasteiger charge is 2.16. The van der Waals surface area contributed by atoms with Crippen LogP contribution in [0.1, 0.15) is 20.8 Å². The minimum atomic E-state index is 0.0106. The third-order valence-corrected chi connectivity index (χ3v) is 4.66. The van der Waals surface area contributed by atoms with E-state index in [9.17, 15) is 10.2 Å². The fourth-order valence-corrected chi connectivity index (χ4v) is 3.27. The van der Waals surface area contributed by atoms with E-state index in [1.54, 1.807) is 24.3 Å². The maximum atomic E-state index is 10.5. The van der Waals surface area contributed by atoms with Crippen LogP contribution in [0.4, 0.5) is 0 Å². The number of phenolic OH excluding ortho intramolecular Hbond substituents is 2. The summed E-state index contributed by atoms with van der Waals surface area (Å²) in [6.07, 6.45) is 0. The van der Waals surface area contributed by atoms with Gasteiger partial charge in [-0.15, -0.1) is 0 Å². The maximum Gasteiger partial charge on any atom is 0.191 e. The van der Waals surface area contributed by atoms with Crippen molar-refractivity contribution in [3.8, 4) is 45.8 Å². The van der Waals surface area contributed by atoms with Crippen molar-refractivity contribution >= 4 is 11.8 Å². The molecule has 1 heterocycles. The van der Waals surface area contributed by atoms with Crippen LogP contribution >= 0.6 is 11.8 Å². The van der Waals surface area contributed by atoms with Gasteiger partial charge in [0.05, 0.1) is 24.3 Å². The van der Waals surface area contributed by atoms with E-state index in [1.807, 2.05) is 20.8 Å². The molecule has 0 bridgehead atoms. The molecule has 7 nitrogen and oxygen atoms in total. The fraction of sp³-hybridized carbons (Fsp3) is 0.286. The lowest BCUT2D eigenvalue weighted by Gasteiger charge is -2.11. The van der Waals surface area contributed by atoms with Gasteiger partial charge in [-0.1, -0.05) is 18.7 Å². The van der Waals surface area contributed by atoms with Gasteiger partial charge < -0.3 is 19.7 Å². The van der Waals surface area contributed by atoms with Crippen molar-refractivity contribution in [1.29, 1.82) is 0 Å². The van der Waals surface area contributed by atoms with Gasteiger partial charge in [0, 0.05) is 12.1 Å². The predicted molar refractivity (Wildman–Crippen MR) is 113 cm³/mol. The zero-order valence-corrected chi connectivity index (χ0v) is 17.4. The van der Waals surface area contributed by atoms with Crippen LogP contribution in [0.15, 0.2) is 41.6 Å². The van der Waals surface area contributed by atoms with Crippen LogP contribution < -0.4 is 9.47 Å². The van der Waals surface area contributed by atoms with E-state index in [0.717, 1.165) is 5.75 Å². The Labute approximate surface area is 173 Å². The third kappa shape index (κ3) is 4.89. The molecule has 152 valence electrons. The molecular weight excluding hydrogens is 390 g/mol. The molecule has 0 saturated heterocycles. The molecule has 0 amide bonds. The lowest BCUT2D eigenvalue weighted by atomic mass is 10.1. The molecule has 29 heavy (non-hydrogen) atoms. The van der Waals surface area contributed by atoms with Gasteiger partial charge in [-0.25, -0.2) is 15.0 Å². The summed E-state index contributed by atoms with van der Waals surface area (Å²) in [5.41, 5.74) is 0.918. The molecule has 0 radical (unpaired) electrons. The van der Waals surface area contributed by atoms with Crippen molar-refractivity contribution < 1.29 is 19.7 Å². The SMILES string of the molecule is CCOc1ccc(-c2nc(SCC)nc(-c3ccc(OCC)cc3O)n2)c(O)c1. The van der Waals surface area contributed by atoms with Crippen LogP contribution in [0.2, 0.25) is 0 Å². The number of phenols is 2. The van der Waals surface area contributed by atoms with Gasteiger partial charge in [-0.3, -0.25) is 0 Å². The van der Waals surface area contributed by atoms with Crippen LogP contribution in [0.25, 0.3) is 22.8 Å². The molecule has 3 rings (SSSR count). The normalized spacial score (nSPS) is 10.7. The van der Waals surface area contributed by atoms with Crippen LogP contribution in [0.3, 0.4) is 0 Å². The van der Waals surface area contributed by atoms with Gasteiger partial charge in [0.15, 0.2) is 16.8 Å². The number of hydrogen-bond acceptors (Lipinski definition) is 8. The molecule has 0 unspecified atom stereocenters. The van der Waals surface area contributed by atoms with Gasteiger partial charge in [-0.05, 0) is 43.9 Å². The Kier molecular flexibility index (Phi) is 6.77. The summed E-state index contributed by atoms with van der Waals surface area (Å²) in [5.74, 6) is 2.56.